The second kappa shape index (κ2) is 8.14. The maximum Gasteiger partial charge on any atom is 0.309 e. The highest BCUT2D eigenvalue weighted by molar-refractivity contribution is 7.88. The summed E-state index contributed by atoms with van der Waals surface area (Å²) in [7, 11) is -3.24. The average molecular weight is 426 g/mol. The number of sulfonamides is 1. The van der Waals surface area contributed by atoms with E-state index in [9.17, 15) is 18.0 Å². The zero-order valence-corrected chi connectivity index (χ0v) is 17.7. The first kappa shape index (κ1) is 20.7. The maximum atomic E-state index is 12.6. The van der Waals surface area contributed by atoms with Gasteiger partial charge in [0.1, 0.15) is 0 Å². The van der Waals surface area contributed by atoms with Crippen LogP contribution in [-0.2, 0) is 19.6 Å². The Kier molecular flexibility index (Phi) is 6.01. The van der Waals surface area contributed by atoms with E-state index in [4.69, 9.17) is 4.74 Å². The third kappa shape index (κ3) is 4.34. The summed E-state index contributed by atoms with van der Waals surface area (Å²) in [5.74, 6) is -1.10. The fourth-order valence-corrected chi connectivity index (χ4v) is 5.05. The molecule has 1 saturated heterocycles. The highest BCUT2D eigenvalue weighted by atomic mass is 32.2. The molecule has 3 rings (SSSR count). The molecule has 28 heavy (non-hydrogen) atoms. The van der Waals surface area contributed by atoms with Crippen LogP contribution in [0.4, 0.5) is 0 Å². The summed E-state index contributed by atoms with van der Waals surface area (Å²) in [6.45, 7) is 3.99. The van der Waals surface area contributed by atoms with Crippen molar-refractivity contribution in [2.45, 2.75) is 26.7 Å². The van der Waals surface area contributed by atoms with Crippen LogP contribution in [0.5, 0.6) is 0 Å². The third-order valence-corrected chi connectivity index (χ3v) is 7.00. The van der Waals surface area contributed by atoms with Gasteiger partial charge in [0, 0.05) is 41.6 Å². The molecule has 0 unspecified atom stereocenters. The molecule has 0 amide bonds. The largest absolute Gasteiger partial charge is 0.457 e. The van der Waals surface area contributed by atoms with Gasteiger partial charge >= 0.3 is 5.97 Å². The predicted octanol–water partition coefficient (Wildman–Crippen LogP) is 1.95. The molecule has 8 nitrogen and oxygen atoms in total. The van der Waals surface area contributed by atoms with Crippen LogP contribution in [0.15, 0.2) is 17.6 Å². The van der Waals surface area contributed by atoms with Crippen molar-refractivity contribution in [2.75, 3.05) is 26.0 Å². The minimum atomic E-state index is -3.24. The van der Waals surface area contributed by atoms with Crippen LogP contribution in [0.1, 0.15) is 34.6 Å². The van der Waals surface area contributed by atoms with Gasteiger partial charge in [-0.15, -0.1) is 11.3 Å². The van der Waals surface area contributed by atoms with Gasteiger partial charge in [-0.05, 0) is 32.8 Å². The monoisotopic (exact) mass is 425 g/mol. The molecular weight excluding hydrogens is 402 g/mol. The van der Waals surface area contributed by atoms with Crippen molar-refractivity contribution in [3.05, 3.63) is 34.6 Å². The van der Waals surface area contributed by atoms with Crippen molar-refractivity contribution in [1.29, 1.82) is 0 Å². The number of aryl methyl sites for hydroxylation is 1. The number of piperidine rings is 1. The fraction of sp³-hybridized carbons (Fsp3) is 0.500. The van der Waals surface area contributed by atoms with Crippen LogP contribution in [0, 0.1) is 19.8 Å². The number of carbonyl (C=O) groups excluding carboxylic acids is 2. The van der Waals surface area contributed by atoms with E-state index < -0.39 is 16.0 Å². The van der Waals surface area contributed by atoms with Gasteiger partial charge in [0.15, 0.2) is 11.7 Å². The first-order chi connectivity index (χ1) is 13.2. The average Bonchev–Trinajstić information content (AvgIpc) is 3.26. The van der Waals surface area contributed by atoms with Crippen molar-refractivity contribution in [3.8, 4) is 5.13 Å². The molecule has 152 valence electrons. The van der Waals surface area contributed by atoms with E-state index in [0.717, 1.165) is 22.8 Å². The summed E-state index contributed by atoms with van der Waals surface area (Å²) in [5, 5.41) is 2.65. The Balaban J connectivity index is 1.59. The summed E-state index contributed by atoms with van der Waals surface area (Å²) in [4.78, 5) is 29.1. The van der Waals surface area contributed by atoms with Crippen molar-refractivity contribution in [3.63, 3.8) is 0 Å². The van der Waals surface area contributed by atoms with Crippen LogP contribution in [0.25, 0.3) is 5.13 Å². The number of hydrogen-bond donors (Lipinski definition) is 0. The van der Waals surface area contributed by atoms with Crippen molar-refractivity contribution < 1.29 is 22.7 Å². The summed E-state index contributed by atoms with van der Waals surface area (Å²) in [6.07, 6.45) is 3.67. The fourth-order valence-electron chi connectivity index (χ4n) is 3.42. The topological polar surface area (TPSA) is 98.6 Å². The number of carbonyl (C=O) groups is 2. The number of hydrogen-bond acceptors (Lipinski definition) is 7. The highest BCUT2D eigenvalue weighted by Crippen LogP contribution is 2.23. The Morgan fingerprint density at radius 2 is 1.96 bits per heavy atom. The van der Waals surface area contributed by atoms with E-state index in [0.29, 0.717) is 31.5 Å². The molecule has 0 saturated carbocycles. The minimum absolute atomic E-state index is 0.266. The molecule has 0 spiro atoms. The molecule has 3 heterocycles. The van der Waals surface area contributed by atoms with Gasteiger partial charge in [0.05, 0.1) is 12.2 Å². The lowest BCUT2D eigenvalue weighted by Crippen LogP contribution is -2.40. The van der Waals surface area contributed by atoms with E-state index in [-0.39, 0.29) is 18.3 Å². The van der Waals surface area contributed by atoms with Gasteiger partial charge in [0.2, 0.25) is 15.8 Å². The molecule has 1 aliphatic rings. The van der Waals surface area contributed by atoms with E-state index >= 15 is 0 Å². The zero-order chi connectivity index (χ0) is 20.5. The predicted molar refractivity (Wildman–Crippen MR) is 105 cm³/mol. The molecular formula is C18H23N3O5S2. The minimum Gasteiger partial charge on any atom is -0.457 e. The lowest BCUT2D eigenvalue weighted by atomic mass is 9.98. The van der Waals surface area contributed by atoms with Gasteiger partial charge in [0.25, 0.3) is 0 Å². The summed E-state index contributed by atoms with van der Waals surface area (Å²) < 4.78 is 31.6. The second-order valence-electron chi connectivity index (χ2n) is 6.90. The molecule has 0 aliphatic carbocycles. The Hall–Kier alpha value is -2.04. The van der Waals surface area contributed by atoms with Crippen LogP contribution in [-0.4, -0.2) is 60.0 Å². The van der Waals surface area contributed by atoms with Crippen molar-refractivity contribution in [1.82, 2.24) is 13.9 Å². The molecule has 2 aromatic rings. The highest BCUT2D eigenvalue weighted by Gasteiger charge is 2.30. The molecule has 0 aromatic carbocycles. The summed E-state index contributed by atoms with van der Waals surface area (Å²) in [5.41, 5.74) is 2.15. The number of ether oxygens (including phenoxy) is 1. The van der Waals surface area contributed by atoms with Crippen molar-refractivity contribution >= 4 is 33.1 Å². The van der Waals surface area contributed by atoms with E-state index in [1.807, 2.05) is 23.8 Å². The van der Waals surface area contributed by atoms with Gasteiger partial charge in [-0.3, -0.25) is 14.2 Å². The maximum absolute atomic E-state index is 12.6. The van der Waals surface area contributed by atoms with Gasteiger partial charge in [-0.2, -0.15) is 0 Å². The third-order valence-electron chi connectivity index (χ3n) is 4.94. The van der Waals surface area contributed by atoms with E-state index in [2.05, 4.69) is 4.98 Å². The number of Topliss-reactive ketones (excluding diaryl/α,β-unsaturated/α-hetero) is 1. The summed E-state index contributed by atoms with van der Waals surface area (Å²) in [6, 6.07) is 1.78. The van der Waals surface area contributed by atoms with Crippen LogP contribution < -0.4 is 0 Å². The number of ketones is 1. The normalized spacial score (nSPS) is 16.2. The Morgan fingerprint density at radius 1 is 1.29 bits per heavy atom. The van der Waals surface area contributed by atoms with Crippen LogP contribution in [0.3, 0.4) is 0 Å². The molecule has 0 bridgehead atoms. The Labute approximate surface area is 168 Å². The number of esters is 1. The molecule has 0 radical (unpaired) electrons. The lowest BCUT2D eigenvalue weighted by molar-refractivity contribution is -0.148. The van der Waals surface area contributed by atoms with Gasteiger partial charge in [-0.1, -0.05) is 0 Å². The SMILES string of the molecule is Cc1cc(C(=O)COC(=O)C2CCN(S(C)(=O)=O)CC2)c(C)n1-c1nccs1. The first-order valence-electron chi connectivity index (χ1n) is 8.92. The van der Waals surface area contributed by atoms with Gasteiger partial charge < -0.3 is 4.74 Å². The number of thiazole rings is 1. The van der Waals surface area contributed by atoms with E-state index in [1.54, 1.807) is 12.3 Å². The lowest BCUT2D eigenvalue weighted by Gasteiger charge is -2.28. The van der Waals surface area contributed by atoms with Crippen molar-refractivity contribution in [2.24, 2.45) is 5.92 Å². The number of aromatic nitrogens is 2. The molecule has 0 atom stereocenters. The Morgan fingerprint density at radius 3 is 2.54 bits per heavy atom. The first-order valence-corrected chi connectivity index (χ1v) is 11.6. The number of rotatable bonds is 6. The molecule has 10 heteroatoms. The molecule has 2 aromatic heterocycles. The second-order valence-corrected chi connectivity index (χ2v) is 9.76. The van der Waals surface area contributed by atoms with E-state index in [1.165, 1.54) is 15.6 Å². The molecule has 0 N–H and O–H groups in total. The summed E-state index contributed by atoms with van der Waals surface area (Å²) >= 11 is 1.48. The Bertz CT molecular complexity index is 971. The van der Waals surface area contributed by atoms with Crippen LogP contribution in [0.2, 0.25) is 0 Å². The quantitative estimate of drug-likeness (QED) is 0.518. The smallest absolute Gasteiger partial charge is 0.309 e. The number of nitrogens with zero attached hydrogens (tertiary/aromatic N) is 3. The molecule has 1 fully saturated rings. The molecule has 1 aliphatic heterocycles. The van der Waals surface area contributed by atoms with Gasteiger partial charge in [-0.25, -0.2) is 17.7 Å². The standard InChI is InChI=1S/C18H23N3O5S2/c1-12-10-15(13(2)21(12)18-19-6-9-27-18)16(22)11-26-17(23)14-4-7-20(8-5-14)28(3,24)25/h6,9-10,14H,4-5,7-8,11H2,1-3H3. The van der Waals surface area contributed by atoms with Crippen LogP contribution >= 0.6 is 11.3 Å². The zero-order valence-electron chi connectivity index (χ0n) is 16.0.